The molecule has 0 radical (unpaired) electrons. The fourth-order valence-electron chi connectivity index (χ4n) is 3.23. The van der Waals surface area contributed by atoms with Crippen LogP contribution in [0.25, 0.3) is 10.9 Å². The average Bonchev–Trinajstić information content (AvgIpc) is 3.00. The summed E-state index contributed by atoms with van der Waals surface area (Å²) in [5, 5.41) is 11.1. The van der Waals surface area contributed by atoms with Gasteiger partial charge in [-0.3, -0.25) is 9.89 Å². The molecular weight excluding hydrogens is 294 g/mol. The van der Waals surface area contributed by atoms with Crippen molar-refractivity contribution in [2.24, 2.45) is 0 Å². The maximum atomic E-state index is 11.7. The number of amides is 1. The first-order chi connectivity index (χ1) is 11.2. The molecule has 1 amide bonds. The number of rotatable bonds is 5. The lowest BCUT2D eigenvalue weighted by Gasteiger charge is -2.30. The van der Waals surface area contributed by atoms with Crippen molar-refractivity contribution in [1.29, 1.82) is 0 Å². The molecule has 6 nitrogen and oxygen atoms in total. The number of aryl methyl sites for hydroxylation is 1. The van der Waals surface area contributed by atoms with Crippen molar-refractivity contribution in [2.45, 2.75) is 44.8 Å². The normalized spacial score (nSPS) is 21.3. The van der Waals surface area contributed by atoms with Crippen molar-refractivity contribution in [2.75, 3.05) is 13.7 Å². The van der Waals surface area contributed by atoms with Crippen LogP contribution < -0.4 is 10.1 Å². The number of carbonyl (C=O) groups excluding carboxylic acids is 1. The van der Waals surface area contributed by atoms with Crippen LogP contribution >= 0.6 is 0 Å². The highest BCUT2D eigenvalue weighted by Crippen LogP contribution is 2.29. The van der Waals surface area contributed by atoms with Gasteiger partial charge in [0, 0.05) is 30.5 Å². The van der Waals surface area contributed by atoms with Gasteiger partial charge in [-0.1, -0.05) is 0 Å². The molecule has 6 heteroatoms. The van der Waals surface area contributed by atoms with Crippen LogP contribution in [0, 0.1) is 6.92 Å². The van der Waals surface area contributed by atoms with E-state index in [-0.39, 0.29) is 24.7 Å². The van der Waals surface area contributed by atoms with Crippen LogP contribution in [-0.2, 0) is 9.53 Å². The van der Waals surface area contributed by atoms with E-state index in [2.05, 4.69) is 15.5 Å². The van der Waals surface area contributed by atoms with Crippen LogP contribution in [0.3, 0.4) is 0 Å². The number of hydrogen-bond donors (Lipinski definition) is 2. The molecule has 124 valence electrons. The molecule has 1 aliphatic rings. The van der Waals surface area contributed by atoms with Gasteiger partial charge in [-0.05, 0) is 38.3 Å². The van der Waals surface area contributed by atoms with E-state index in [1.165, 1.54) is 7.11 Å². The zero-order valence-corrected chi connectivity index (χ0v) is 13.6. The number of aromatic nitrogens is 2. The van der Waals surface area contributed by atoms with E-state index in [1.54, 1.807) is 0 Å². The number of carbonyl (C=O) groups is 1. The summed E-state index contributed by atoms with van der Waals surface area (Å²) in [7, 11) is 1.53. The van der Waals surface area contributed by atoms with Crippen LogP contribution in [0.4, 0.5) is 0 Å². The predicted molar refractivity (Wildman–Crippen MR) is 87.5 cm³/mol. The molecule has 3 rings (SSSR count). The van der Waals surface area contributed by atoms with E-state index in [0.717, 1.165) is 47.9 Å². The van der Waals surface area contributed by atoms with E-state index < -0.39 is 0 Å². The van der Waals surface area contributed by atoms with Crippen molar-refractivity contribution < 1.29 is 14.3 Å². The third-order valence-electron chi connectivity index (χ3n) is 4.40. The maximum absolute atomic E-state index is 11.7. The Kier molecular flexibility index (Phi) is 4.81. The topological polar surface area (TPSA) is 76.2 Å². The lowest BCUT2D eigenvalue weighted by atomic mass is 9.92. The Morgan fingerprint density at radius 2 is 2.30 bits per heavy atom. The zero-order chi connectivity index (χ0) is 16.2. The van der Waals surface area contributed by atoms with E-state index in [0.29, 0.717) is 0 Å². The van der Waals surface area contributed by atoms with Gasteiger partial charge < -0.3 is 14.8 Å². The second-order valence-corrected chi connectivity index (χ2v) is 6.12. The van der Waals surface area contributed by atoms with Gasteiger partial charge in [0.15, 0.2) is 0 Å². The molecule has 0 spiro atoms. The summed E-state index contributed by atoms with van der Waals surface area (Å²) in [6, 6.07) is 4.14. The molecule has 1 heterocycles. The number of fused-ring (bicyclic) bond motifs is 1. The number of nitrogens with one attached hydrogen (secondary N) is 2. The van der Waals surface area contributed by atoms with E-state index >= 15 is 0 Å². The van der Waals surface area contributed by atoms with Gasteiger partial charge in [-0.25, -0.2) is 0 Å². The second kappa shape index (κ2) is 7.00. The molecule has 0 aliphatic heterocycles. The number of hydrogen-bond acceptors (Lipinski definition) is 4. The Balaban J connectivity index is 1.64. The quantitative estimate of drug-likeness (QED) is 0.887. The first-order valence-corrected chi connectivity index (χ1v) is 8.05. The molecular formula is C17H23N3O3. The molecule has 2 atom stereocenters. The third-order valence-corrected chi connectivity index (χ3v) is 4.40. The van der Waals surface area contributed by atoms with Gasteiger partial charge in [0.1, 0.15) is 18.5 Å². The van der Waals surface area contributed by atoms with Crippen molar-refractivity contribution in [3.8, 4) is 5.75 Å². The molecule has 1 fully saturated rings. The molecule has 0 saturated heterocycles. The Bertz CT molecular complexity index is 683. The molecule has 0 unspecified atom stereocenters. The molecule has 1 aliphatic carbocycles. The number of nitrogens with zero attached hydrogens (tertiary/aromatic N) is 1. The number of H-pyrrole nitrogens is 1. The average molecular weight is 317 g/mol. The van der Waals surface area contributed by atoms with E-state index in [4.69, 9.17) is 9.47 Å². The minimum atomic E-state index is -0.0610. The summed E-state index contributed by atoms with van der Waals surface area (Å²) < 4.78 is 11.1. The van der Waals surface area contributed by atoms with Crippen LogP contribution in [0.2, 0.25) is 0 Å². The minimum absolute atomic E-state index is 0.0610. The van der Waals surface area contributed by atoms with Crippen LogP contribution in [0.15, 0.2) is 18.3 Å². The highest BCUT2D eigenvalue weighted by atomic mass is 16.5. The van der Waals surface area contributed by atoms with Gasteiger partial charge in [0.05, 0.1) is 11.7 Å². The zero-order valence-electron chi connectivity index (χ0n) is 13.6. The predicted octanol–water partition coefficient (Wildman–Crippen LogP) is 2.32. The third kappa shape index (κ3) is 3.64. The van der Waals surface area contributed by atoms with Crippen molar-refractivity contribution in [3.63, 3.8) is 0 Å². The maximum Gasteiger partial charge on any atom is 0.246 e. The Labute approximate surface area is 135 Å². The number of methoxy groups -OCH3 is 1. The summed E-state index contributed by atoms with van der Waals surface area (Å²) >= 11 is 0. The summed E-state index contributed by atoms with van der Waals surface area (Å²) in [4.78, 5) is 11.7. The summed E-state index contributed by atoms with van der Waals surface area (Å²) in [5.41, 5.74) is 2.12. The molecule has 23 heavy (non-hydrogen) atoms. The number of ether oxygens (including phenoxy) is 2. The van der Waals surface area contributed by atoms with Crippen molar-refractivity contribution in [1.82, 2.24) is 15.5 Å². The molecule has 2 aromatic rings. The van der Waals surface area contributed by atoms with Gasteiger partial charge in [-0.2, -0.15) is 5.10 Å². The monoisotopic (exact) mass is 317 g/mol. The molecule has 2 N–H and O–H groups in total. The molecule has 1 aromatic carbocycles. The Hall–Kier alpha value is -2.08. The summed E-state index contributed by atoms with van der Waals surface area (Å²) in [6.45, 7) is 2.16. The van der Waals surface area contributed by atoms with Gasteiger partial charge in [0.25, 0.3) is 0 Å². The van der Waals surface area contributed by atoms with Gasteiger partial charge in [0.2, 0.25) is 5.91 Å². The van der Waals surface area contributed by atoms with Gasteiger partial charge >= 0.3 is 0 Å². The number of benzene rings is 1. The molecule has 0 bridgehead atoms. The fourth-order valence-corrected chi connectivity index (χ4v) is 3.23. The SMILES string of the molecule is COCC(=O)N[C@@H]1CCC[C@H](Oc2ccc3[nH]ncc3c2C)C1. The first kappa shape index (κ1) is 15.8. The Morgan fingerprint density at radius 3 is 3.13 bits per heavy atom. The lowest BCUT2D eigenvalue weighted by molar-refractivity contribution is -0.125. The smallest absolute Gasteiger partial charge is 0.246 e. The minimum Gasteiger partial charge on any atom is -0.490 e. The van der Waals surface area contributed by atoms with Crippen LogP contribution in [0.1, 0.15) is 31.2 Å². The first-order valence-electron chi connectivity index (χ1n) is 8.05. The summed E-state index contributed by atoms with van der Waals surface area (Å²) in [6.07, 6.45) is 5.84. The van der Waals surface area contributed by atoms with Crippen LogP contribution in [-0.4, -0.2) is 42.0 Å². The highest BCUT2D eigenvalue weighted by molar-refractivity contribution is 5.83. The molecule has 1 saturated carbocycles. The second-order valence-electron chi connectivity index (χ2n) is 6.12. The van der Waals surface area contributed by atoms with E-state index in [9.17, 15) is 4.79 Å². The fraction of sp³-hybridized carbons (Fsp3) is 0.529. The van der Waals surface area contributed by atoms with Crippen molar-refractivity contribution in [3.05, 3.63) is 23.9 Å². The van der Waals surface area contributed by atoms with Crippen LogP contribution in [0.5, 0.6) is 5.75 Å². The largest absolute Gasteiger partial charge is 0.490 e. The standard InChI is InChI=1S/C17H23N3O3/c1-11-14-9-18-20-15(14)6-7-16(11)23-13-5-3-4-12(8-13)19-17(21)10-22-2/h6-7,9,12-13H,3-5,8,10H2,1-2H3,(H,18,20)(H,19,21)/t12-,13+/m1/s1. The molecule has 1 aromatic heterocycles. The summed E-state index contributed by atoms with van der Waals surface area (Å²) in [5.74, 6) is 0.835. The number of aromatic amines is 1. The Morgan fingerprint density at radius 1 is 1.43 bits per heavy atom. The van der Waals surface area contributed by atoms with E-state index in [1.807, 2.05) is 25.3 Å². The van der Waals surface area contributed by atoms with Crippen molar-refractivity contribution >= 4 is 16.8 Å². The lowest BCUT2D eigenvalue weighted by Crippen LogP contribution is -2.42. The highest BCUT2D eigenvalue weighted by Gasteiger charge is 2.25. The van der Waals surface area contributed by atoms with Gasteiger partial charge in [-0.15, -0.1) is 0 Å².